The van der Waals surface area contributed by atoms with E-state index in [0.29, 0.717) is 36.7 Å². The second kappa shape index (κ2) is 9.68. The maximum Gasteiger partial charge on any atom is 0.319 e. The van der Waals surface area contributed by atoms with Crippen molar-refractivity contribution in [2.75, 3.05) is 26.1 Å². The Labute approximate surface area is 181 Å². The largest absolute Gasteiger partial charge is 0.493 e. The highest BCUT2D eigenvalue weighted by atomic mass is 19.1. The summed E-state index contributed by atoms with van der Waals surface area (Å²) in [6.07, 6.45) is 0.682. The van der Waals surface area contributed by atoms with Crippen LogP contribution in [0, 0.1) is 11.7 Å². The monoisotopic (exact) mass is 429 g/mol. The first-order valence-corrected chi connectivity index (χ1v) is 10.2. The number of hydrogen-bond acceptors (Lipinski definition) is 4. The Morgan fingerprint density at radius 2 is 1.74 bits per heavy atom. The zero-order chi connectivity index (χ0) is 22.5. The fourth-order valence-corrected chi connectivity index (χ4v) is 3.66. The molecule has 3 rings (SSSR count). The fourth-order valence-electron chi connectivity index (χ4n) is 3.66. The maximum absolute atomic E-state index is 13.4. The molecule has 8 heteroatoms. The number of nitrogens with zero attached hydrogens (tertiary/aromatic N) is 1. The highest BCUT2D eigenvalue weighted by Gasteiger charge is 2.31. The third kappa shape index (κ3) is 5.25. The predicted molar refractivity (Wildman–Crippen MR) is 116 cm³/mol. The Bertz CT molecular complexity index is 964. The van der Waals surface area contributed by atoms with Gasteiger partial charge in [0.05, 0.1) is 14.2 Å². The number of anilines is 1. The average Bonchev–Trinajstić information content (AvgIpc) is 2.75. The van der Waals surface area contributed by atoms with Crippen LogP contribution < -0.4 is 20.1 Å². The Kier molecular flexibility index (Phi) is 6.99. The van der Waals surface area contributed by atoms with Crippen molar-refractivity contribution in [3.63, 3.8) is 0 Å². The number of halogens is 1. The van der Waals surface area contributed by atoms with Crippen molar-refractivity contribution in [1.29, 1.82) is 0 Å². The molecule has 2 aromatic carbocycles. The van der Waals surface area contributed by atoms with E-state index in [1.165, 1.54) is 18.2 Å². The van der Waals surface area contributed by atoms with Gasteiger partial charge in [0.15, 0.2) is 11.5 Å². The Morgan fingerprint density at radius 1 is 1.06 bits per heavy atom. The number of methoxy groups -OCH3 is 2. The summed E-state index contributed by atoms with van der Waals surface area (Å²) in [4.78, 5) is 27.4. The summed E-state index contributed by atoms with van der Waals surface area (Å²) in [6, 6.07) is 8.17. The molecule has 2 aromatic rings. The Balaban J connectivity index is 1.71. The predicted octanol–water partition coefficient (Wildman–Crippen LogP) is 3.57. The van der Waals surface area contributed by atoms with E-state index < -0.39 is 17.9 Å². The third-order valence-corrected chi connectivity index (χ3v) is 5.33. The smallest absolute Gasteiger partial charge is 0.319 e. The highest BCUT2D eigenvalue weighted by molar-refractivity contribution is 5.94. The van der Waals surface area contributed by atoms with Crippen LogP contribution in [0.3, 0.4) is 0 Å². The second-order valence-corrected chi connectivity index (χ2v) is 7.82. The second-order valence-electron chi connectivity index (χ2n) is 7.82. The fraction of sp³-hybridized carbons (Fsp3) is 0.391. The maximum atomic E-state index is 13.4. The molecule has 0 aliphatic carbocycles. The van der Waals surface area contributed by atoms with Gasteiger partial charge in [0, 0.05) is 18.8 Å². The summed E-state index contributed by atoms with van der Waals surface area (Å²) in [5.41, 5.74) is 2.42. The van der Waals surface area contributed by atoms with Crippen LogP contribution in [-0.2, 0) is 17.8 Å². The first kappa shape index (κ1) is 22.4. The molecule has 2 N–H and O–H groups in total. The molecule has 1 aliphatic heterocycles. The quantitative estimate of drug-likeness (QED) is 0.736. The lowest BCUT2D eigenvalue weighted by Crippen LogP contribution is -2.53. The molecule has 0 aromatic heterocycles. The number of nitrogens with one attached hydrogen (secondary N) is 2. The van der Waals surface area contributed by atoms with Crippen LogP contribution in [0.4, 0.5) is 14.9 Å². The summed E-state index contributed by atoms with van der Waals surface area (Å²) in [5.74, 6) is 0.538. The van der Waals surface area contributed by atoms with Crippen LogP contribution in [0.1, 0.15) is 25.0 Å². The van der Waals surface area contributed by atoms with Crippen molar-refractivity contribution < 1.29 is 23.5 Å². The molecule has 1 aliphatic rings. The highest BCUT2D eigenvalue weighted by Crippen LogP contribution is 2.33. The van der Waals surface area contributed by atoms with Gasteiger partial charge in [-0.3, -0.25) is 4.79 Å². The SMILES string of the molecule is COc1cc2c(cc1OC)CN(C(=O)C(NC(=O)Nc1cccc(F)c1)C(C)C)CC2. The molecule has 166 valence electrons. The summed E-state index contributed by atoms with van der Waals surface area (Å²) in [6.45, 7) is 4.70. The number of hydrogen-bond donors (Lipinski definition) is 2. The molecular weight excluding hydrogens is 401 g/mol. The van der Waals surface area contributed by atoms with Gasteiger partial charge in [-0.05, 0) is 53.8 Å². The number of rotatable bonds is 6. The number of ether oxygens (including phenoxy) is 2. The number of carbonyl (C=O) groups is 2. The van der Waals surface area contributed by atoms with Crippen LogP contribution in [0.25, 0.3) is 0 Å². The van der Waals surface area contributed by atoms with Crippen molar-refractivity contribution in [3.8, 4) is 11.5 Å². The summed E-state index contributed by atoms with van der Waals surface area (Å²) in [7, 11) is 3.17. The van der Waals surface area contributed by atoms with Crippen molar-refractivity contribution >= 4 is 17.6 Å². The van der Waals surface area contributed by atoms with E-state index in [-0.39, 0.29) is 11.8 Å². The number of benzene rings is 2. The van der Waals surface area contributed by atoms with Gasteiger partial charge in [0.2, 0.25) is 5.91 Å². The minimum atomic E-state index is -0.713. The molecule has 0 spiro atoms. The van der Waals surface area contributed by atoms with Crippen molar-refractivity contribution in [1.82, 2.24) is 10.2 Å². The molecule has 7 nitrogen and oxygen atoms in total. The Morgan fingerprint density at radius 3 is 2.35 bits per heavy atom. The standard InChI is InChI=1S/C23H28FN3O4/c1-14(2)21(26-23(29)25-18-7-5-6-17(24)12-18)22(28)27-9-8-15-10-19(30-3)20(31-4)11-16(15)13-27/h5-7,10-12,14,21H,8-9,13H2,1-4H3,(H2,25,26,29). The van der Waals surface area contributed by atoms with E-state index in [0.717, 1.165) is 11.1 Å². The topological polar surface area (TPSA) is 79.9 Å². The molecule has 1 unspecified atom stereocenters. The van der Waals surface area contributed by atoms with E-state index in [1.807, 2.05) is 26.0 Å². The van der Waals surface area contributed by atoms with Crippen LogP contribution >= 0.6 is 0 Å². The van der Waals surface area contributed by atoms with Gasteiger partial charge in [0.25, 0.3) is 0 Å². The number of amides is 3. The third-order valence-electron chi connectivity index (χ3n) is 5.33. The van der Waals surface area contributed by atoms with Gasteiger partial charge in [-0.2, -0.15) is 0 Å². The molecule has 1 atom stereocenters. The van der Waals surface area contributed by atoms with Crippen LogP contribution in [0.15, 0.2) is 36.4 Å². The van der Waals surface area contributed by atoms with Gasteiger partial charge >= 0.3 is 6.03 Å². The lowest BCUT2D eigenvalue weighted by molar-refractivity contribution is -0.135. The summed E-state index contributed by atoms with van der Waals surface area (Å²) in [5, 5.41) is 5.32. The number of urea groups is 1. The number of fused-ring (bicyclic) bond motifs is 1. The normalized spacial score (nSPS) is 13.9. The molecular formula is C23H28FN3O4. The average molecular weight is 429 g/mol. The lowest BCUT2D eigenvalue weighted by Gasteiger charge is -2.33. The van der Waals surface area contributed by atoms with Crippen molar-refractivity contribution in [2.45, 2.75) is 32.9 Å². The summed E-state index contributed by atoms with van der Waals surface area (Å²) < 4.78 is 24.1. The van der Waals surface area contributed by atoms with E-state index in [4.69, 9.17) is 9.47 Å². The lowest BCUT2D eigenvalue weighted by atomic mass is 9.96. The van der Waals surface area contributed by atoms with E-state index in [2.05, 4.69) is 10.6 Å². The van der Waals surface area contributed by atoms with Crippen molar-refractivity contribution in [2.24, 2.45) is 5.92 Å². The first-order chi connectivity index (χ1) is 14.8. The number of carbonyl (C=O) groups excluding carboxylic acids is 2. The molecule has 31 heavy (non-hydrogen) atoms. The van der Waals surface area contributed by atoms with Gasteiger partial charge in [-0.1, -0.05) is 19.9 Å². The van der Waals surface area contributed by atoms with Crippen LogP contribution in [0.2, 0.25) is 0 Å². The van der Waals surface area contributed by atoms with Gasteiger partial charge < -0.3 is 25.0 Å². The minimum Gasteiger partial charge on any atom is -0.493 e. The van der Waals surface area contributed by atoms with Crippen LogP contribution in [-0.4, -0.2) is 43.6 Å². The molecule has 3 amide bonds. The molecule has 0 bridgehead atoms. The van der Waals surface area contributed by atoms with Gasteiger partial charge in [0.1, 0.15) is 11.9 Å². The zero-order valence-corrected chi connectivity index (χ0v) is 18.2. The van der Waals surface area contributed by atoms with Gasteiger partial charge in [-0.15, -0.1) is 0 Å². The van der Waals surface area contributed by atoms with Gasteiger partial charge in [-0.25, -0.2) is 9.18 Å². The summed E-state index contributed by atoms with van der Waals surface area (Å²) >= 11 is 0. The van der Waals surface area contributed by atoms with E-state index >= 15 is 0 Å². The molecule has 0 radical (unpaired) electrons. The molecule has 1 heterocycles. The first-order valence-electron chi connectivity index (χ1n) is 10.2. The van der Waals surface area contributed by atoms with Crippen LogP contribution in [0.5, 0.6) is 11.5 Å². The minimum absolute atomic E-state index is 0.127. The van der Waals surface area contributed by atoms with Crippen molar-refractivity contribution in [3.05, 3.63) is 53.3 Å². The van der Waals surface area contributed by atoms with E-state index in [1.54, 1.807) is 25.2 Å². The molecule has 0 saturated heterocycles. The Hall–Kier alpha value is -3.29. The molecule has 0 fully saturated rings. The molecule has 0 saturated carbocycles. The zero-order valence-electron chi connectivity index (χ0n) is 18.2. The van der Waals surface area contributed by atoms with E-state index in [9.17, 15) is 14.0 Å².